The number of rotatable bonds is 5. The van der Waals surface area contributed by atoms with E-state index >= 15 is 0 Å². The van der Waals surface area contributed by atoms with Gasteiger partial charge in [-0.2, -0.15) is 13.2 Å². The average Bonchev–Trinajstić information content (AvgIpc) is 2.35. The number of nitrogen functional groups attached to an aromatic ring is 1. The maximum atomic E-state index is 12.5. The highest BCUT2D eigenvalue weighted by molar-refractivity contribution is 5.47. The van der Waals surface area contributed by atoms with E-state index in [2.05, 4.69) is 15.3 Å². The maximum Gasteiger partial charge on any atom is 0.451 e. The van der Waals surface area contributed by atoms with Crippen molar-refractivity contribution in [3.05, 3.63) is 11.9 Å². The van der Waals surface area contributed by atoms with Crippen molar-refractivity contribution in [2.75, 3.05) is 23.9 Å². The smallest absolute Gasteiger partial charge is 0.393 e. The molecule has 1 unspecified atom stereocenters. The van der Waals surface area contributed by atoms with Gasteiger partial charge in [0.2, 0.25) is 5.82 Å². The standard InChI is InChI=1S/C9H14F3N5O2/c1-8(19,4-18)3-14-5-2-6(17-13)16-7(15-5)9(10,11)12/h2,18-19H,3-4,13H2,1H3,(H2,14,15,16,17). The highest BCUT2D eigenvalue weighted by Crippen LogP contribution is 2.28. The van der Waals surface area contributed by atoms with Crippen LogP contribution in [0.4, 0.5) is 24.8 Å². The Labute approximate surface area is 106 Å². The number of aromatic nitrogens is 2. The molecule has 1 aromatic rings. The molecule has 19 heavy (non-hydrogen) atoms. The van der Waals surface area contributed by atoms with Crippen LogP contribution in [0.3, 0.4) is 0 Å². The second kappa shape index (κ2) is 5.55. The van der Waals surface area contributed by atoms with Gasteiger partial charge in [-0.05, 0) is 6.92 Å². The molecule has 6 N–H and O–H groups in total. The summed E-state index contributed by atoms with van der Waals surface area (Å²) in [4.78, 5) is 6.42. The van der Waals surface area contributed by atoms with Crippen LogP contribution in [0.15, 0.2) is 6.07 Å². The lowest BCUT2D eigenvalue weighted by molar-refractivity contribution is -0.144. The number of alkyl halides is 3. The third-order valence-electron chi connectivity index (χ3n) is 2.12. The van der Waals surface area contributed by atoms with E-state index in [1.54, 1.807) is 0 Å². The van der Waals surface area contributed by atoms with Crippen molar-refractivity contribution >= 4 is 11.6 Å². The van der Waals surface area contributed by atoms with E-state index < -0.39 is 24.2 Å². The largest absolute Gasteiger partial charge is 0.451 e. The molecule has 0 spiro atoms. The molecule has 1 atom stereocenters. The van der Waals surface area contributed by atoms with Crippen LogP contribution in [0.25, 0.3) is 0 Å². The van der Waals surface area contributed by atoms with Crippen molar-refractivity contribution in [3.8, 4) is 0 Å². The first-order valence-electron chi connectivity index (χ1n) is 5.18. The van der Waals surface area contributed by atoms with Gasteiger partial charge in [0, 0.05) is 12.6 Å². The highest BCUT2D eigenvalue weighted by atomic mass is 19.4. The second-order valence-electron chi connectivity index (χ2n) is 4.11. The van der Waals surface area contributed by atoms with E-state index in [9.17, 15) is 18.3 Å². The van der Waals surface area contributed by atoms with Gasteiger partial charge in [-0.25, -0.2) is 15.8 Å². The van der Waals surface area contributed by atoms with Crippen LogP contribution in [0.1, 0.15) is 12.7 Å². The Kier molecular flexibility index (Phi) is 4.50. The zero-order valence-electron chi connectivity index (χ0n) is 9.99. The molecule has 0 saturated carbocycles. The fourth-order valence-corrected chi connectivity index (χ4v) is 1.08. The van der Waals surface area contributed by atoms with Gasteiger partial charge < -0.3 is 21.0 Å². The minimum atomic E-state index is -4.72. The van der Waals surface area contributed by atoms with Gasteiger partial charge in [-0.3, -0.25) is 0 Å². The summed E-state index contributed by atoms with van der Waals surface area (Å²) in [7, 11) is 0. The minimum absolute atomic E-state index is 0.177. The van der Waals surface area contributed by atoms with Gasteiger partial charge in [-0.15, -0.1) is 0 Å². The molecule has 0 fully saturated rings. The molecule has 0 aromatic carbocycles. The summed E-state index contributed by atoms with van der Waals surface area (Å²) in [5.74, 6) is 3.24. The van der Waals surface area contributed by atoms with E-state index in [1.807, 2.05) is 5.43 Å². The number of nitrogens with one attached hydrogen (secondary N) is 2. The number of anilines is 2. The second-order valence-corrected chi connectivity index (χ2v) is 4.11. The van der Waals surface area contributed by atoms with E-state index in [1.165, 1.54) is 6.92 Å². The minimum Gasteiger partial charge on any atom is -0.393 e. The summed E-state index contributed by atoms with van der Waals surface area (Å²) < 4.78 is 37.5. The highest BCUT2D eigenvalue weighted by Gasteiger charge is 2.35. The van der Waals surface area contributed by atoms with E-state index in [-0.39, 0.29) is 18.2 Å². The number of aliphatic hydroxyl groups excluding tert-OH is 1. The Bertz CT molecular complexity index is 438. The topological polar surface area (TPSA) is 116 Å². The monoisotopic (exact) mass is 281 g/mol. The fourth-order valence-electron chi connectivity index (χ4n) is 1.08. The molecule has 10 heteroatoms. The zero-order valence-corrected chi connectivity index (χ0v) is 9.99. The third kappa shape index (κ3) is 4.50. The maximum absolute atomic E-state index is 12.5. The van der Waals surface area contributed by atoms with Crippen LogP contribution in [0.2, 0.25) is 0 Å². The van der Waals surface area contributed by atoms with Gasteiger partial charge in [0.1, 0.15) is 17.2 Å². The van der Waals surface area contributed by atoms with Gasteiger partial charge in [0.05, 0.1) is 6.61 Å². The van der Waals surface area contributed by atoms with Crippen LogP contribution in [-0.2, 0) is 6.18 Å². The summed E-state index contributed by atoms with van der Waals surface area (Å²) in [6, 6.07) is 1.14. The van der Waals surface area contributed by atoms with Crippen molar-refractivity contribution in [2.24, 2.45) is 5.84 Å². The first kappa shape index (κ1) is 15.4. The predicted molar refractivity (Wildman–Crippen MR) is 61.0 cm³/mol. The van der Waals surface area contributed by atoms with E-state index in [0.29, 0.717) is 0 Å². The first-order valence-corrected chi connectivity index (χ1v) is 5.18. The first-order chi connectivity index (χ1) is 8.68. The molecule has 7 nitrogen and oxygen atoms in total. The predicted octanol–water partition coefficient (Wildman–Crippen LogP) is -0.0638. The lowest BCUT2D eigenvalue weighted by Crippen LogP contribution is -2.37. The molecule has 0 bridgehead atoms. The van der Waals surface area contributed by atoms with Crippen molar-refractivity contribution in [1.29, 1.82) is 0 Å². The lowest BCUT2D eigenvalue weighted by Gasteiger charge is -2.21. The summed E-state index contributed by atoms with van der Waals surface area (Å²) in [6.45, 7) is 0.564. The Balaban J connectivity index is 2.95. The van der Waals surface area contributed by atoms with Crippen molar-refractivity contribution in [3.63, 3.8) is 0 Å². The molecule has 0 aliphatic rings. The normalized spacial score (nSPS) is 14.9. The van der Waals surface area contributed by atoms with Gasteiger partial charge in [0.15, 0.2) is 0 Å². The molecule has 1 aromatic heterocycles. The Hall–Kier alpha value is -1.65. The van der Waals surface area contributed by atoms with Crippen LogP contribution in [-0.4, -0.2) is 38.9 Å². The van der Waals surface area contributed by atoms with Gasteiger partial charge in [-0.1, -0.05) is 0 Å². The summed E-state index contributed by atoms with van der Waals surface area (Å²) in [5.41, 5.74) is 0.502. The van der Waals surface area contributed by atoms with Crippen LogP contribution in [0, 0.1) is 0 Å². The number of nitrogens with two attached hydrogens (primary N) is 1. The Morgan fingerprint density at radius 3 is 2.37 bits per heavy atom. The summed E-state index contributed by atoms with van der Waals surface area (Å²) in [6.07, 6.45) is -4.72. The molecule has 0 aliphatic heterocycles. The van der Waals surface area contributed by atoms with E-state index in [0.717, 1.165) is 6.07 Å². The van der Waals surface area contributed by atoms with Crippen LogP contribution < -0.4 is 16.6 Å². The summed E-state index contributed by atoms with van der Waals surface area (Å²) >= 11 is 0. The quantitative estimate of drug-likeness (QED) is 0.379. The number of aliphatic hydroxyl groups is 2. The Morgan fingerprint density at radius 2 is 1.89 bits per heavy atom. The number of nitrogens with zero attached hydrogens (tertiary/aromatic N) is 2. The van der Waals surface area contributed by atoms with E-state index in [4.69, 9.17) is 10.9 Å². The van der Waals surface area contributed by atoms with Crippen molar-refractivity contribution < 1.29 is 23.4 Å². The number of halogens is 3. The molecular weight excluding hydrogens is 267 g/mol. The molecule has 0 radical (unpaired) electrons. The Morgan fingerprint density at radius 1 is 1.32 bits per heavy atom. The van der Waals surface area contributed by atoms with Crippen LogP contribution >= 0.6 is 0 Å². The molecular formula is C9H14F3N5O2. The molecule has 1 rings (SSSR count). The number of hydrogen-bond acceptors (Lipinski definition) is 7. The third-order valence-corrected chi connectivity index (χ3v) is 2.12. The summed E-state index contributed by atoms with van der Waals surface area (Å²) in [5, 5.41) is 20.8. The number of hydrazine groups is 1. The van der Waals surface area contributed by atoms with Crippen molar-refractivity contribution in [1.82, 2.24) is 9.97 Å². The zero-order chi connectivity index (χ0) is 14.7. The molecule has 0 amide bonds. The van der Waals surface area contributed by atoms with Crippen LogP contribution in [0.5, 0.6) is 0 Å². The van der Waals surface area contributed by atoms with Crippen molar-refractivity contribution in [2.45, 2.75) is 18.7 Å². The molecule has 0 aliphatic carbocycles. The SMILES string of the molecule is CC(O)(CO)CNc1cc(NN)nc(C(F)(F)F)n1. The van der Waals surface area contributed by atoms with Gasteiger partial charge in [0.25, 0.3) is 0 Å². The molecule has 0 saturated heterocycles. The molecule has 108 valence electrons. The molecule has 1 heterocycles. The van der Waals surface area contributed by atoms with Gasteiger partial charge >= 0.3 is 6.18 Å². The fraction of sp³-hybridized carbons (Fsp3) is 0.556. The number of hydrogen-bond donors (Lipinski definition) is 5. The lowest BCUT2D eigenvalue weighted by atomic mass is 10.1. The average molecular weight is 281 g/mol.